The van der Waals surface area contributed by atoms with E-state index in [4.69, 9.17) is 4.74 Å². The first-order valence-corrected chi connectivity index (χ1v) is 8.46. The zero-order valence-corrected chi connectivity index (χ0v) is 14.5. The van der Waals surface area contributed by atoms with E-state index in [0.29, 0.717) is 6.61 Å². The lowest BCUT2D eigenvalue weighted by molar-refractivity contribution is -0.332. The average molecular weight is 335 g/mol. The lowest BCUT2D eigenvalue weighted by Crippen LogP contribution is -2.26. The molecule has 0 fully saturated rings. The molecule has 0 unspecified atom stereocenters. The summed E-state index contributed by atoms with van der Waals surface area (Å²) in [5.41, 5.74) is 4.42. The molecule has 0 radical (unpaired) electrons. The minimum Gasteiger partial charge on any atom is -0.550 e. The lowest BCUT2D eigenvalue weighted by atomic mass is 9.95. The van der Waals surface area contributed by atoms with Gasteiger partial charge < -0.3 is 14.6 Å². The number of aliphatic carboxylic acids is 1. The fourth-order valence-electron chi connectivity index (χ4n) is 3.03. The Bertz CT molecular complexity index is 901. The number of aryl methyl sites for hydroxylation is 1. The zero-order valence-electron chi connectivity index (χ0n) is 14.5. The molecular weight excluding hydrogens is 314 g/mol. The van der Waals surface area contributed by atoms with Crippen LogP contribution in [0.25, 0.3) is 22.2 Å². The Kier molecular flexibility index (Phi) is 4.98. The second kappa shape index (κ2) is 7.34. The van der Waals surface area contributed by atoms with Crippen LogP contribution in [0.15, 0.2) is 48.5 Å². The molecule has 0 saturated heterocycles. The highest BCUT2D eigenvalue weighted by atomic mass is 16.5. The molecule has 0 bridgehead atoms. The fourth-order valence-corrected chi connectivity index (χ4v) is 3.03. The number of nitrogens with one attached hydrogen (secondary N) is 1. The van der Waals surface area contributed by atoms with Gasteiger partial charge in [-0.2, -0.15) is 0 Å². The average Bonchev–Trinajstić information content (AvgIpc) is 2.62. The fraction of sp³-hybridized carbons (Fsp3) is 0.238. The smallest absolute Gasteiger partial charge is 0.215 e. The highest BCUT2D eigenvalue weighted by Gasteiger charge is 2.19. The van der Waals surface area contributed by atoms with Crippen molar-refractivity contribution in [2.24, 2.45) is 0 Å². The summed E-state index contributed by atoms with van der Waals surface area (Å²) in [6.07, 6.45) is 0.825. The predicted molar refractivity (Wildman–Crippen MR) is 95.2 cm³/mol. The molecule has 25 heavy (non-hydrogen) atoms. The van der Waals surface area contributed by atoms with Gasteiger partial charge in [0.25, 0.3) is 0 Å². The Hall–Kier alpha value is -2.88. The van der Waals surface area contributed by atoms with E-state index in [1.807, 2.05) is 55.5 Å². The molecule has 128 valence electrons. The molecule has 3 rings (SSSR count). The van der Waals surface area contributed by atoms with E-state index < -0.39 is 5.97 Å². The van der Waals surface area contributed by atoms with Crippen molar-refractivity contribution in [1.29, 1.82) is 0 Å². The minimum absolute atomic E-state index is 0.128. The summed E-state index contributed by atoms with van der Waals surface area (Å²) in [5.74, 6) is -0.277. The molecule has 0 aliphatic carbocycles. The van der Waals surface area contributed by atoms with Crippen LogP contribution in [0.3, 0.4) is 0 Å². The van der Waals surface area contributed by atoms with E-state index in [1.165, 1.54) is 0 Å². The maximum atomic E-state index is 11.3. The molecule has 3 aromatic rings. The Balaban J connectivity index is 2.11. The summed E-state index contributed by atoms with van der Waals surface area (Å²) in [5, 5.41) is 12.3. The van der Waals surface area contributed by atoms with Gasteiger partial charge in [0.05, 0.1) is 6.61 Å². The molecule has 2 aromatic carbocycles. The number of benzene rings is 2. The summed E-state index contributed by atoms with van der Waals surface area (Å²) in [7, 11) is 0. The third-order valence-electron chi connectivity index (χ3n) is 4.28. The van der Waals surface area contributed by atoms with Crippen LogP contribution in [0.5, 0.6) is 5.75 Å². The molecule has 4 heteroatoms. The SMILES string of the molecule is CCCOc1ccc(-c2[nH+]c3ccccc3c(C)c2CC(=O)[O-])cc1. The van der Waals surface area contributed by atoms with Crippen molar-refractivity contribution in [2.45, 2.75) is 26.7 Å². The molecule has 1 aromatic heterocycles. The summed E-state index contributed by atoms with van der Waals surface area (Å²) >= 11 is 0. The Morgan fingerprint density at radius 1 is 1.12 bits per heavy atom. The third kappa shape index (κ3) is 3.63. The predicted octanol–water partition coefficient (Wildman–Crippen LogP) is 2.71. The number of hydrogen-bond acceptors (Lipinski definition) is 3. The van der Waals surface area contributed by atoms with Crippen LogP contribution in [-0.4, -0.2) is 12.6 Å². The molecule has 0 spiro atoms. The zero-order chi connectivity index (χ0) is 17.8. The van der Waals surface area contributed by atoms with Crippen LogP contribution in [0.2, 0.25) is 0 Å². The number of carbonyl (C=O) groups is 1. The van der Waals surface area contributed by atoms with Crippen LogP contribution >= 0.6 is 0 Å². The number of rotatable bonds is 6. The number of hydrogen-bond donors (Lipinski definition) is 0. The summed E-state index contributed by atoms with van der Waals surface area (Å²) in [4.78, 5) is 14.7. The first kappa shape index (κ1) is 17.0. The van der Waals surface area contributed by atoms with Gasteiger partial charge in [-0.1, -0.05) is 19.1 Å². The summed E-state index contributed by atoms with van der Waals surface area (Å²) < 4.78 is 5.62. The van der Waals surface area contributed by atoms with Crippen molar-refractivity contribution >= 4 is 16.9 Å². The van der Waals surface area contributed by atoms with E-state index in [-0.39, 0.29) is 6.42 Å². The molecule has 1 heterocycles. The van der Waals surface area contributed by atoms with Crippen molar-refractivity contribution in [2.75, 3.05) is 6.61 Å². The number of para-hydroxylation sites is 1. The minimum atomic E-state index is -1.09. The van der Waals surface area contributed by atoms with Gasteiger partial charge in [0.15, 0.2) is 0 Å². The number of aromatic amines is 1. The van der Waals surface area contributed by atoms with Gasteiger partial charge in [0, 0.05) is 35.0 Å². The Labute approximate surface area is 147 Å². The van der Waals surface area contributed by atoms with Crippen LogP contribution in [0, 0.1) is 6.92 Å². The highest BCUT2D eigenvalue weighted by molar-refractivity contribution is 5.85. The number of ether oxygens (including phenoxy) is 1. The van der Waals surface area contributed by atoms with Crippen molar-refractivity contribution in [1.82, 2.24) is 0 Å². The van der Waals surface area contributed by atoms with Gasteiger partial charge in [-0.15, -0.1) is 0 Å². The topological polar surface area (TPSA) is 63.5 Å². The van der Waals surface area contributed by atoms with E-state index in [1.54, 1.807) is 0 Å². The third-order valence-corrected chi connectivity index (χ3v) is 4.28. The monoisotopic (exact) mass is 335 g/mol. The second-order valence-electron chi connectivity index (χ2n) is 6.07. The van der Waals surface area contributed by atoms with E-state index in [2.05, 4.69) is 11.9 Å². The first-order valence-electron chi connectivity index (χ1n) is 8.46. The standard InChI is InChI=1S/C21H21NO3/c1-3-12-25-16-10-8-15(9-11-16)21-18(13-20(23)24)14(2)17-6-4-5-7-19(17)22-21/h4-11H,3,12-13H2,1-2H3,(H,23,24). The molecule has 0 aliphatic heterocycles. The number of pyridine rings is 1. The molecule has 0 saturated carbocycles. The van der Waals surface area contributed by atoms with Gasteiger partial charge in [0.2, 0.25) is 11.2 Å². The summed E-state index contributed by atoms with van der Waals surface area (Å²) in [6.45, 7) is 4.70. The normalized spacial score (nSPS) is 10.8. The second-order valence-corrected chi connectivity index (χ2v) is 6.07. The number of fused-ring (bicyclic) bond motifs is 1. The van der Waals surface area contributed by atoms with Crippen molar-refractivity contribution in [3.8, 4) is 17.0 Å². The van der Waals surface area contributed by atoms with Crippen LogP contribution in [-0.2, 0) is 11.2 Å². The molecule has 0 aliphatic rings. The van der Waals surface area contributed by atoms with E-state index in [9.17, 15) is 9.90 Å². The van der Waals surface area contributed by atoms with Crippen LogP contribution < -0.4 is 14.8 Å². The molecule has 1 N–H and O–H groups in total. The summed E-state index contributed by atoms with van der Waals surface area (Å²) in [6, 6.07) is 15.6. The largest absolute Gasteiger partial charge is 0.550 e. The number of aromatic nitrogens is 1. The van der Waals surface area contributed by atoms with Crippen molar-refractivity contribution < 1.29 is 19.6 Å². The van der Waals surface area contributed by atoms with Crippen molar-refractivity contribution in [3.63, 3.8) is 0 Å². The first-order chi connectivity index (χ1) is 12.1. The van der Waals surface area contributed by atoms with Gasteiger partial charge in [-0.3, -0.25) is 0 Å². The quantitative estimate of drug-likeness (QED) is 0.696. The van der Waals surface area contributed by atoms with Gasteiger partial charge >= 0.3 is 0 Å². The Morgan fingerprint density at radius 3 is 2.52 bits per heavy atom. The molecule has 4 nitrogen and oxygen atoms in total. The number of carbonyl (C=O) groups excluding carboxylic acids is 1. The molecular formula is C21H21NO3. The van der Waals surface area contributed by atoms with Gasteiger partial charge in [0.1, 0.15) is 5.75 Å². The maximum Gasteiger partial charge on any atom is 0.215 e. The van der Waals surface area contributed by atoms with Gasteiger partial charge in [-0.25, -0.2) is 4.98 Å². The van der Waals surface area contributed by atoms with Crippen molar-refractivity contribution in [3.05, 3.63) is 59.7 Å². The van der Waals surface area contributed by atoms with E-state index >= 15 is 0 Å². The molecule has 0 amide bonds. The number of H-pyrrole nitrogens is 1. The maximum absolute atomic E-state index is 11.3. The number of carboxylic acids is 1. The number of carboxylic acid groups (broad SMARTS) is 1. The highest BCUT2D eigenvalue weighted by Crippen LogP contribution is 2.28. The Morgan fingerprint density at radius 2 is 1.84 bits per heavy atom. The lowest BCUT2D eigenvalue weighted by Gasteiger charge is -2.12. The van der Waals surface area contributed by atoms with E-state index in [0.717, 1.165) is 45.5 Å². The molecule has 0 atom stereocenters. The van der Waals surface area contributed by atoms with Crippen LogP contribution in [0.4, 0.5) is 0 Å². The van der Waals surface area contributed by atoms with Crippen LogP contribution in [0.1, 0.15) is 24.5 Å². The van der Waals surface area contributed by atoms with Gasteiger partial charge in [-0.05, 0) is 49.2 Å².